The van der Waals surface area contributed by atoms with Crippen molar-refractivity contribution in [2.45, 2.75) is 0 Å². The molecule has 7 nitrogen and oxygen atoms in total. The van der Waals surface area contributed by atoms with Gasteiger partial charge in [0, 0.05) is 17.8 Å². The lowest BCUT2D eigenvalue weighted by atomic mass is 10.0. The van der Waals surface area contributed by atoms with E-state index < -0.39 is 16.6 Å². The Kier molecular flexibility index (Phi) is 7.16. The van der Waals surface area contributed by atoms with Gasteiger partial charge in [0.2, 0.25) is 0 Å². The normalized spacial score (nSPS) is 10.8. The molecule has 0 spiro atoms. The summed E-state index contributed by atoms with van der Waals surface area (Å²) in [5.74, 6) is -0.582. The molecule has 0 saturated heterocycles. The molecule has 0 fully saturated rings. The monoisotopic (exact) mass is 451 g/mol. The van der Waals surface area contributed by atoms with E-state index in [9.17, 15) is 24.6 Å². The third-order valence-corrected chi connectivity index (χ3v) is 4.56. The van der Waals surface area contributed by atoms with E-state index in [2.05, 4.69) is 11.4 Å². The molecule has 1 N–H and O–H groups in total. The molecule has 0 bridgehead atoms. The summed E-state index contributed by atoms with van der Waals surface area (Å²) in [7, 11) is 0. The van der Waals surface area contributed by atoms with Gasteiger partial charge < -0.3 is 10.1 Å². The van der Waals surface area contributed by atoms with Crippen LogP contribution in [0.1, 0.15) is 11.1 Å². The first-order valence-electron chi connectivity index (χ1n) is 9.20. The second-order valence-electron chi connectivity index (χ2n) is 6.51. The molecule has 0 aliphatic rings. The van der Waals surface area contributed by atoms with Crippen molar-refractivity contribution in [3.63, 3.8) is 0 Å². The molecule has 1 amide bonds. The van der Waals surface area contributed by atoms with Crippen LogP contribution in [0.5, 0.6) is 5.75 Å². The number of nitro groups is 1. The Morgan fingerprint density at radius 3 is 2.44 bits per heavy atom. The summed E-state index contributed by atoms with van der Waals surface area (Å²) >= 11 is 6.23. The number of ether oxygens (including phenoxy) is 1. The van der Waals surface area contributed by atoms with E-state index in [0.717, 1.165) is 0 Å². The van der Waals surface area contributed by atoms with Crippen molar-refractivity contribution in [3.8, 4) is 11.8 Å². The summed E-state index contributed by atoms with van der Waals surface area (Å²) in [5, 5.41) is 23.0. The number of halogens is 2. The molecule has 0 aliphatic carbocycles. The van der Waals surface area contributed by atoms with Crippen LogP contribution >= 0.6 is 11.6 Å². The number of amides is 1. The SMILES string of the molecule is N#CC(=Cc1ccc(OCC(=O)Nc2ccc(F)cc2)c(Cl)c1)c1ccc([N+](=O)[O-])cc1. The molecule has 0 aromatic heterocycles. The minimum atomic E-state index is -0.516. The lowest BCUT2D eigenvalue weighted by Gasteiger charge is -2.09. The minimum absolute atomic E-state index is 0.0703. The Bertz CT molecular complexity index is 1220. The molecule has 9 heteroatoms. The van der Waals surface area contributed by atoms with E-state index in [0.29, 0.717) is 22.4 Å². The van der Waals surface area contributed by atoms with Crippen LogP contribution in [0.15, 0.2) is 66.7 Å². The number of nitrogens with zero attached hydrogens (tertiary/aromatic N) is 2. The number of hydrogen-bond donors (Lipinski definition) is 1. The molecule has 0 saturated carbocycles. The molecular weight excluding hydrogens is 437 g/mol. The molecule has 3 aromatic carbocycles. The maximum atomic E-state index is 12.9. The number of benzene rings is 3. The molecule has 0 unspecified atom stereocenters. The summed E-state index contributed by atoms with van der Waals surface area (Å²) in [6.07, 6.45) is 1.58. The summed E-state index contributed by atoms with van der Waals surface area (Å²) in [4.78, 5) is 22.3. The van der Waals surface area contributed by atoms with Crippen LogP contribution in [0.3, 0.4) is 0 Å². The predicted octanol–water partition coefficient (Wildman–Crippen LogP) is 5.47. The van der Waals surface area contributed by atoms with Crippen molar-refractivity contribution >= 4 is 40.5 Å². The van der Waals surface area contributed by atoms with Crippen LogP contribution in [-0.2, 0) is 4.79 Å². The van der Waals surface area contributed by atoms with Crippen LogP contribution in [0.4, 0.5) is 15.8 Å². The summed E-state index contributed by atoms with van der Waals surface area (Å²) in [6.45, 7) is -0.307. The van der Waals surface area contributed by atoms with E-state index in [-0.39, 0.29) is 23.1 Å². The van der Waals surface area contributed by atoms with Crippen LogP contribution < -0.4 is 10.1 Å². The first-order valence-corrected chi connectivity index (χ1v) is 9.58. The molecular formula is C23H15ClFN3O4. The average molecular weight is 452 g/mol. The number of allylic oxidation sites excluding steroid dienone is 1. The van der Waals surface area contributed by atoms with Gasteiger partial charge in [0.25, 0.3) is 11.6 Å². The van der Waals surface area contributed by atoms with Crippen molar-refractivity contribution in [2.75, 3.05) is 11.9 Å². The highest BCUT2D eigenvalue weighted by atomic mass is 35.5. The Morgan fingerprint density at radius 2 is 1.84 bits per heavy atom. The number of non-ortho nitro benzene ring substituents is 1. The summed E-state index contributed by atoms with van der Waals surface area (Å²) in [6, 6.07) is 17.8. The summed E-state index contributed by atoms with van der Waals surface area (Å²) < 4.78 is 18.3. The van der Waals surface area contributed by atoms with Crippen molar-refractivity contribution in [2.24, 2.45) is 0 Å². The standard InChI is InChI=1S/C23H15ClFN3O4/c24-21-12-15(11-17(13-26)16-2-8-20(9-3-16)28(30)31)1-10-22(21)32-14-23(29)27-19-6-4-18(25)5-7-19/h1-12H,14H2,(H,27,29). The molecule has 0 heterocycles. The lowest BCUT2D eigenvalue weighted by molar-refractivity contribution is -0.384. The highest BCUT2D eigenvalue weighted by Crippen LogP contribution is 2.28. The molecule has 3 rings (SSSR count). The van der Waals surface area contributed by atoms with E-state index in [1.165, 1.54) is 48.5 Å². The third-order valence-electron chi connectivity index (χ3n) is 4.26. The maximum absolute atomic E-state index is 12.9. The molecule has 3 aromatic rings. The Morgan fingerprint density at radius 1 is 1.16 bits per heavy atom. The van der Waals surface area contributed by atoms with Gasteiger partial charge in [-0.25, -0.2) is 4.39 Å². The zero-order valence-corrected chi connectivity index (χ0v) is 17.2. The molecule has 0 atom stereocenters. The Hall–Kier alpha value is -4.22. The number of nitrogens with one attached hydrogen (secondary N) is 1. The van der Waals surface area contributed by atoms with Crippen LogP contribution in [0.25, 0.3) is 11.6 Å². The topological polar surface area (TPSA) is 105 Å². The fourth-order valence-electron chi connectivity index (χ4n) is 2.71. The zero-order chi connectivity index (χ0) is 23.1. The fraction of sp³-hybridized carbons (Fsp3) is 0.0435. The number of nitro benzene ring substituents is 1. The van der Waals surface area contributed by atoms with Crippen molar-refractivity contribution in [3.05, 3.63) is 98.8 Å². The van der Waals surface area contributed by atoms with Crippen LogP contribution in [0, 0.1) is 27.3 Å². The van der Waals surface area contributed by atoms with Crippen molar-refractivity contribution in [1.82, 2.24) is 0 Å². The van der Waals surface area contributed by atoms with Gasteiger partial charge in [-0.1, -0.05) is 17.7 Å². The van der Waals surface area contributed by atoms with Gasteiger partial charge >= 0.3 is 0 Å². The van der Waals surface area contributed by atoms with Crippen LogP contribution in [-0.4, -0.2) is 17.4 Å². The highest BCUT2D eigenvalue weighted by molar-refractivity contribution is 6.32. The first kappa shape index (κ1) is 22.5. The first-order chi connectivity index (χ1) is 15.4. The largest absolute Gasteiger partial charge is 0.482 e. The van der Waals surface area contributed by atoms with Gasteiger partial charge in [0.15, 0.2) is 6.61 Å². The van der Waals surface area contributed by atoms with Gasteiger partial charge in [-0.15, -0.1) is 0 Å². The predicted molar refractivity (Wildman–Crippen MR) is 119 cm³/mol. The fourth-order valence-corrected chi connectivity index (χ4v) is 2.95. The third kappa shape index (κ3) is 5.90. The number of rotatable bonds is 7. The van der Waals surface area contributed by atoms with Gasteiger partial charge in [0.05, 0.1) is 21.6 Å². The number of nitriles is 1. The van der Waals surface area contributed by atoms with Crippen molar-refractivity contribution in [1.29, 1.82) is 5.26 Å². The van der Waals surface area contributed by atoms with Gasteiger partial charge in [-0.3, -0.25) is 14.9 Å². The second kappa shape index (κ2) is 10.2. The minimum Gasteiger partial charge on any atom is -0.482 e. The second-order valence-corrected chi connectivity index (χ2v) is 6.91. The smallest absolute Gasteiger partial charge is 0.269 e. The molecule has 160 valence electrons. The van der Waals surface area contributed by atoms with E-state index in [1.54, 1.807) is 24.3 Å². The maximum Gasteiger partial charge on any atom is 0.269 e. The van der Waals surface area contributed by atoms with Crippen molar-refractivity contribution < 1.29 is 18.8 Å². The number of carbonyl (C=O) groups is 1. The zero-order valence-electron chi connectivity index (χ0n) is 16.4. The average Bonchev–Trinajstić information content (AvgIpc) is 2.78. The lowest BCUT2D eigenvalue weighted by Crippen LogP contribution is -2.20. The molecule has 32 heavy (non-hydrogen) atoms. The number of anilines is 1. The van der Waals surface area contributed by atoms with Crippen LogP contribution in [0.2, 0.25) is 5.02 Å². The van der Waals surface area contributed by atoms with E-state index in [4.69, 9.17) is 16.3 Å². The Labute approximate surface area is 187 Å². The Balaban J connectivity index is 1.67. The van der Waals surface area contributed by atoms with E-state index in [1.807, 2.05) is 0 Å². The highest BCUT2D eigenvalue weighted by Gasteiger charge is 2.10. The van der Waals surface area contributed by atoms with Gasteiger partial charge in [-0.2, -0.15) is 5.26 Å². The van der Waals surface area contributed by atoms with Gasteiger partial charge in [-0.05, 0) is 65.7 Å². The molecule has 0 radical (unpaired) electrons. The number of carbonyl (C=O) groups excluding carboxylic acids is 1. The van der Waals surface area contributed by atoms with Gasteiger partial charge in [0.1, 0.15) is 11.6 Å². The summed E-state index contributed by atoms with van der Waals surface area (Å²) in [5.41, 5.74) is 1.78. The van der Waals surface area contributed by atoms with E-state index >= 15 is 0 Å². The molecule has 0 aliphatic heterocycles. The number of hydrogen-bond acceptors (Lipinski definition) is 5. The quantitative estimate of drug-likeness (QED) is 0.222.